The zero-order chi connectivity index (χ0) is 18.6. The third kappa shape index (κ3) is 3.87. The van der Waals surface area contributed by atoms with E-state index in [0.717, 1.165) is 11.1 Å². The van der Waals surface area contributed by atoms with Gasteiger partial charge in [0.1, 0.15) is 5.75 Å². The minimum absolute atomic E-state index is 0.200. The van der Waals surface area contributed by atoms with E-state index in [1.807, 2.05) is 42.5 Å². The number of carbonyl (C=O) groups is 1. The van der Waals surface area contributed by atoms with Crippen molar-refractivity contribution in [2.24, 2.45) is 0 Å². The summed E-state index contributed by atoms with van der Waals surface area (Å²) < 4.78 is 16.4. The van der Waals surface area contributed by atoms with Crippen molar-refractivity contribution < 1.29 is 19.0 Å². The molecular formula is C22H19NO4. The van der Waals surface area contributed by atoms with E-state index in [2.05, 4.69) is 17.4 Å². The lowest BCUT2D eigenvalue weighted by Gasteiger charge is -2.15. The summed E-state index contributed by atoms with van der Waals surface area (Å²) in [5.74, 6) is 1.71. The lowest BCUT2D eigenvalue weighted by molar-refractivity contribution is -0.122. The average Bonchev–Trinajstić information content (AvgIpc) is 3.17. The molecule has 1 heterocycles. The van der Waals surface area contributed by atoms with Gasteiger partial charge in [-0.25, -0.2) is 0 Å². The zero-order valence-electron chi connectivity index (χ0n) is 14.8. The van der Waals surface area contributed by atoms with Gasteiger partial charge >= 0.3 is 0 Å². The van der Waals surface area contributed by atoms with Crippen LogP contribution in [0.15, 0.2) is 72.8 Å². The van der Waals surface area contributed by atoms with E-state index in [-0.39, 0.29) is 12.7 Å². The predicted molar refractivity (Wildman–Crippen MR) is 103 cm³/mol. The molecule has 5 nitrogen and oxygen atoms in total. The lowest BCUT2D eigenvalue weighted by Crippen LogP contribution is -2.30. The highest BCUT2D eigenvalue weighted by molar-refractivity contribution is 5.94. The van der Waals surface area contributed by atoms with Crippen LogP contribution in [0.1, 0.15) is 6.92 Å². The van der Waals surface area contributed by atoms with Crippen molar-refractivity contribution in [3.8, 4) is 28.4 Å². The number of benzene rings is 3. The molecule has 1 amide bonds. The molecule has 1 atom stereocenters. The van der Waals surface area contributed by atoms with Crippen LogP contribution in [0.4, 0.5) is 5.69 Å². The first-order chi connectivity index (χ1) is 13.2. The van der Waals surface area contributed by atoms with Crippen LogP contribution in [0, 0.1) is 0 Å². The van der Waals surface area contributed by atoms with Gasteiger partial charge in [-0.05, 0) is 42.3 Å². The summed E-state index contributed by atoms with van der Waals surface area (Å²) in [4.78, 5) is 12.4. The van der Waals surface area contributed by atoms with Crippen LogP contribution in [-0.2, 0) is 4.79 Å². The summed E-state index contributed by atoms with van der Waals surface area (Å²) in [5.41, 5.74) is 2.87. The molecule has 0 aromatic heterocycles. The topological polar surface area (TPSA) is 56.8 Å². The van der Waals surface area contributed by atoms with Crippen LogP contribution in [0.5, 0.6) is 17.2 Å². The Morgan fingerprint density at radius 1 is 0.926 bits per heavy atom. The van der Waals surface area contributed by atoms with Gasteiger partial charge in [-0.2, -0.15) is 0 Å². The maximum absolute atomic E-state index is 12.4. The maximum atomic E-state index is 12.4. The van der Waals surface area contributed by atoms with E-state index in [4.69, 9.17) is 14.2 Å². The largest absolute Gasteiger partial charge is 0.481 e. The smallest absolute Gasteiger partial charge is 0.265 e. The zero-order valence-corrected chi connectivity index (χ0v) is 14.8. The molecular weight excluding hydrogens is 342 g/mol. The number of hydrogen-bond donors (Lipinski definition) is 1. The first kappa shape index (κ1) is 17.0. The fourth-order valence-electron chi connectivity index (χ4n) is 2.83. The van der Waals surface area contributed by atoms with E-state index >= 15 is 0 Å². The Bertz CT molecular complexity index is 938. The minimum atomic E-state index is -0.641. The molecule has 5 heteroatoms. The summed E-state index contributed by atoms with van der Waals surface area (Å²) in [5, 5.41) is 2.83. The molecule has 3 aromatic rings. The Balaban J connectivity index is 1.38. The number of rotatable bonds is 5. The Morgan fingerprint density at radius 3 is 2.41 bits per heavy atom. The molecule has 0 spiro atoms. The van der Waals surface area contributed by atoms with Gasteiger partial charge in [-0.3, -0.25) is 4.79 Å². The quantitative estimate of drug-likeness (QED) is 0.727. The summed E-state index contributed by atoms with van der Waals surface area (Å²) >= 11 is 0. The highest BCUT2D eigenvalue weighted by Crippen LogP contribution is 2.34. The van der Waals surface area contributed by atoms with Crippen LogP contribution in [-0.4, -0.2) is 18.8 Å². The van der Waals surface area contributed by atoms with Crippen LogP contribution >= 0.6 is 0 Å². The molecule has 1 aliphatic rings. The molecule has 0 saturated carbocycles. The monoisotopic (exact) mass is 361 g/mol. The fraction of sp³-hybridized carbons (Fsp3) is 0.136. The first-order valence-corrected chi connectivity index (χ1v) is 8.72. The van der Waals surface area contributed by atoms with Gasteiger partial charge in [-0.15, -0.1) is 0 Å². The number of nitrogens with one attached hydrogen (secondary N) is 1. The molecule has 0 fully saturated rings. The van der Waals surface area contributed by atoms with Gasteiger partial charge < -0.3 is 19.5 Å². The molecule has 136 valence electrons. The summed E-state index contributed by atoms with van der Waals surface area (Å²) in [6.07, 6.45) is -0.641. The van der Waals surface area contributed by atoms with Gasteiger partial charge in [0.25, 0.3) is 5.91 Å². The van der Waals surface area contributed by atoms with Crippen LogP contribution in [0.3, 0.4) is 0 Å². The van der Waals surface area contributed by atoms with Crippen molar-refractivity contribution in [3.63, 3.8) is 0 Å². The number of carbonyl (C=O) groups excluding carboxylic acids is 1. The van der Waals surface area contributed by atoms with E-state index in [9.17, 15) is 4.79 Å². The molecule has 0 aliphatic carbocycles. The number of ether oxygens (including phenoxy) is 3. The highest BCUT2D eigenvalue weighted by atomic mass is 16.7. The second-order valence-electron chi connectivity index (χ2n) is 6.21. The average molecular weight is 361 g/mol. The standard InChI is InChI=1S/C22H19NO4/c1-15(22(24)23-18-9-12-20-21(13-18)26-14-25-20)27-19-10-7-17(8-11-19)16-5-3-2-4-6-16/h2-13,15H,14H2,1H3,(H,23,24). The molecule has 1 N–H and O–H groups in total. The molecule has 1 aliphatic heterocycles. The van der Waals surface area contributed by atoms with Gasteiger partial charge in [0, 0.05) is 11.8 Å². The number of amides is 1. The van der Waals surface area contributed by atoms with Gasteiger partial charge in [0.05, 0.1) is 0 Å². The SMILES string of the molecule is CC(Oc1ccc(-c2ccccc2)cc1)C(=O)Nc1ccc2c(c1)OCO2. The van der Waals surface area contributed by atoms with E-state index in [0.29, 0.717) is 22.9 Å². The van der Waals surface area contributed by atoms with Crippen LogP contribution < -0.4 is 19.5 Å². The molecule has 0 bridgehead atoms. The van der Waals surface area contributed by atoms with Crippen molar-refractivity contribution in [3.05, 3.63) is 72.8 Å². The summed E-state index contributed by atoms with van der Waals surface area (Å²) in [7, 11) is 0. The summed E-state index contributed by atoms with van der Waals surface area (Å²) in [6.45, 7) is 1.92. The number of anilines is 1. The lowest BCUT2D eigenvalue weighted by atomic mass is 10.1. The highest BCUT2D eigenvalue weighted by Gasteiger charge is 2.18. The maximum Gasteiger partial charge on any atom is 0.265 e. The van der Waals surface area contributed by atoms with Gasteiger partial charge in [0.15, 0.2) is 17.6 Å². The number of hydrogen-bond acceptors (Lipinski definition) is 4. The minimum Gasteiger partial charge on any atom is -0.481 e. The summed E-state index contributed by atoms with van der Waals surface area (Å²) in [6, 6.07) is 23.1. The second kappa shape index (κ2) is 7.41. The van der Waals surface area contributed by atoms with Crippen molar-refractivity contribution in [1.29, 1.82) is 0 Å². The molecule has 3 aromatic carbocycles. The Kier molecular flexibility index (Phi) is 4.66. The Morgan fingerprint density at radius 2 is 1.63 bits per heavy atom. The molecule has 0 saturated heterocycles. The third-order valence-electron chi connectivity index (χ3n) is 4.28. The number of fused-ring (bicyclic) bond motifs is 1. The van der Waals surface area contributed by atoms with Crippen molar-refractivity contribution in [1.82, 2.24) is 0 Å². The first-order valence-electron chi connectivity index (χ1n) is 8.72. The van der Waals surface area contributed by atoms with E-state index < -0.39 is 6.10 Å². The predicted octanol–water partition coefficient (Wildman–Crippen LogP) is 4.49. The molecule has 0 radical (unpaired) electrons. The van der Waals surface area contributed by atoms with Crippen molar-refractivity contribution >= 4 is 11.6 Å². The van der Waals surface area contributed by atoms with Crippen molar-refractivity contribution in [2.75, 3.05) is 12.1 Å². The van der Waals surface area contributed by atoms with Crippen molar-refractivity contribution in [2.45, 2.75) is 13.0 Å². The van der Waals surface area contributed by atoms with Crippen LogP contribution in [0.25, 0.3) is 11.1 Å². The fourth-order valence-corrected chi connectivity index (χ4v) is 2.83. The van der Waals surface area contributed by atoms with E-state index in [1.54, 1.807) is 25.1 Å². The van der Waals surface area contributed by atoms with Gasteiger partial charge in [0.2, 0.25) is 6.79 Å². The van der Waals surface area contributed by atoms with Gasteiger partial charge in [-0.1, -0.05) is 42.5 Å². The Hall–Kier alpha value is -3.47. The molecule has 27 heavy (non-hydrogen) atoms. The van der Waals surface area contributed by atoms with Crippen LogP contribution in [0.2, 0.25) is 0 Å². The second-order valence-corrected chi connectivity index (χ2v) is 6.21. The normalized spacial score (nSPS) is 13.1. The Labute approximate surface area is 157 Å². The molecule has 4 rings (SSSR count). The van der Waals surface area contributed by atoms with E-state index in [1.165, 1.54) is 0 Å². The third-order valence-corrected chi connectivity index (χ3v) is 4.28. The molecule has 1 unspecified atom stereocenters.